The van der Waals surface area contributed by atoms with E-state index in [0.717, 1.165) is 11.4 Å². The van der Waals surface area contributed by atoms with E-state index in [1.807, 2.05) is 19.9 Å². The van der Waals surface area contributed by atoms with Gasteiger partial charge in [0.05, 0.1) is 17.9 Å². The second kappa shape index (κ2) is 4.82. The number of amides is 1. The van der Waals surface area contributed by atoms with Gasteiger partial charge in [0, 0.05) is 12.7 Å². The Kier molecular flexibility index (Phi) is 3.22. The van der Waals surface area contributed by atoms with Gasteiger partial charge < -0.3 is 5.32 Å². The van der Waals surface area contributed by atoms with Crippen LogP contribution in [0.15, 0.2) is 18.3 Å². The van der Waals surface area contributed by atoms with Crippen LogP contribution in [-0.4, -0.2) is 25.9 Å². The summed E-state index contributed by atoms with van der Waals surface area (Å²) < 4.78 is 1.69. The van der Waals surface area contributed by atoms with Crippen molar-refractivity contribution in [3.8, 4) is 0 Å². The third-order valence-electron chi connectivity index (χ3n) is 2.43. The smallest absolute Gasteiger partial charge is 0.269 e. The Labute approximate surface area is 99.0 Å². The molecule has 0 fully saturated rings. The van der Waals surface area contributed by atoms with E-state index in [1.54, 1.807) is 16.9 Å². The molecule has 6 nitrogen and oxygen atoms in total. The molecule has 2 N–H and O–H groups in total. The fraction of sp³-hybridized carbons (Fsp3) is 0.364. The lowest BCUT2D eigenvalue weighted by molar-refractivity contribution is 0.0939. The lowest BCUT2D eigenvalue weighted by Crippen LogP contribution is -2.25. The van der Waals surface area contributed by atoms with Gasteiger partial charge in [-0.1, -0.05) is 0 Å². The summed E-state index contributed by atoms with van der Waals surface area (Å²) in [4.78, 5) is 11.9. The molecule has 1 amide bonds. The predicted molar refractivity (Wildman–Crippen MR) is 62.4 cm³/mol. The Morgan fingerprint density at radius 1 is 1.59 bits per heavy atom. The maximum Gasteiger partial charge on any atom is 0.269 e. The molecule has 0 spiro atoms. The SMILES string of the molecule is CCn1nc(C)cc1C(=O)NCc1ccn[nH]1. The van der Waals surface area contributed by atoms with Crippen LogP contribution in [0.2, 0.25) is 0 Å². The van der Waals surface area contributed by atoms with Crippen LogP contribution in [0.3, 0.4) is 0 Å². The molecule has 2 heterocycles. The Hall–Kier alpha value is -2.11. The summed E-state index contributed by atoms with van der Waals surface area (Å²) in [5.41, 5.74) is 2.31. The van der Waals surface area contributed by atoms with E-state index in [1.165, 1.54) is 0 Å². The van der Waals surface area contributed by atoms with Crippen LogP contribution in [-0.2, 0) is 13.1 Å². The number of carbonyl (C=O) groups is 1. The van der Waals surface area contributed by atoms with E-state index in [4.69, 9.17) is 0 Å². The molecule has 0 aromatic carbocycles. The van der Waals surface area contributed by atoms with Gasteiger partial charge in [0.15, 0.2) is 0 Å². The van der Waals surface area contributed by atoms with E-state index < -0.39 is 0 Å². The predicted octanol–water partition coefficient (Wildman–Crippen LogP) is 0.865. The molecule has 0 aliphatic heterocycles. The Morgan fingerprint density at radius 2 is 2.41 bits per heavy atom. The first-order valence-electron chi connectivity index (χ1n) is 5.51. The second-order valence-electron chi connectivity index (χ2n) is 3.75. The standard InChI is InChI=1S/C11H15N5O/c1-3-16-10(6-8(2)15-16)11(17)12-7-9-4-5-13-14-9/h4-6H,3,7H2,1-2H3,(H,12,17)(H,13,14). The van der Waals surface area contributed by atoms with Gasteiger partial charge in [0.2, 0.25) is 0 Å². The van der Waals surface area contributed by atoms with Gasteiger partial charge in [-0.05, 0) is 26.0 Å². The van der Waals surface area contributed by atoms with Gasteiger partial charge in [0.1, 0.15) is 5.69 Å². The zero-order chi connectivity index (χ0) is 12.3. The van der Waals surface area contributed by atoms with Crippen molar-refractivity contribution in [2.45, 2.75) is 26.9 Å². The molecule has 0 saturated carbocycles. The van der Waals surface area contributed by atoms with Gasteiger partial charge in [-0.25, -0.2) is 0 Å². The minimum Gasteiger partial charge on any atom is -0.345 e. The van der Waals surface area contributed by atoms with Crippen molar-refractivity contribution < 1.29 is 4.79 Å². The van der Waals surface area contributed by atoms with E-state index in [0.29, 0.717) is 18.8 Å². The summed E-state index contributed by atoms with van der Waals surface area (Å²) in [7, 11) is 0. The number of nitrogens with one attached hydrogen (secondary N) is 2. The highest BCUT2D eigenvalue weighted by Gasteiger charge is 2.12. The molecule has 0 bridgehead atoms. The lowest BCUT2D eigenvalue weighted by Gasteiger charge is -2.05. The number of hydrogen-bond acceptors (Lipinski definition) is 3. The number of nitrogens with zero attached hydrogens (tertiary/aromatic N) is 3. The quantitative estimate of drug-likeness (QED) is 0.822. The van der Waals surface area contributed by atoms with Crippen LogP contribution in [0, 0.1) is 6.92 Å². The van der Waals surface area contributed by atoms with Crippen molar-refractivity contribution >= 4 is 5.91 Å². The summed E-state index contributed by atoms with van der Waals surface area (Å²) in [5, 5.41) is 13.7. The average molecular weight is 233 g/mol. The van der Waals surface area contributed by atoms with Gasteiger partial charge in [-0.15, -0.1) is 0 Å². The van der Waals surface area contributed by atoms with Crippen molar-refractivity contribution in [3.05, 3.63) is 35.4 Å². The normalized spacial score (nSPS) is 10.5. The second-order valence-corrected chi connectivity index (χ2v) is 3.75. The molecule has 17 heavy (non-hydrogen) atoms. The molecule has 90 valence electrons. The third-order valence-corrected chi connectivity index (χ3v) is 2.43. The first kappa shape index (κ1) is 11.4. The minimum absolute atomic E-state index is 0.123. The van der Waals surface area contributed by atoms with Crippen LogP contribution < -0.4 is 5.32 Å². The molecular formula is C11H15N5O. The zero-order valence-electron chi connectivity index (χ0n) is 9.90. The van der Waals surface area contributed by atoms with E-state index >= 15 is 0 Å². The molecule has 6 heteroatoms. The summed E-state index contributed by atoms with van der Waals surface area (Å²) in [6.07, 6.45) is 1.65. The van der Waals surface area contributed by atoms with E-state index in [9.17, 15) is 4.79 Å². The van der Waals surface area contributed by atoms with Crippen LogP contribution >= 0.6 is 0 Å². The zero-order valence-corrected chi connectivity index (χ0v) is 9.90. The molecule has 2 aromatic rings. The maximum absolute atomic E-state index is 11.9. The fourth-order valence-corrected chi connectivity index (χ4v) is 1.62. The number of H-pyrrole nitrogens is 1. The van der Waals surface area contributed by atoms with Crippen molar-refractivity contribution in [1.29, 1.82) is 0 Å². The fourth-order valence-electron chi connectivity index (χ4n) is 1.62. The number of aromatic amines is 1. The molecular weight excluding hydrogens is 218 g/mol. The monoisotopic (exact) mass is 233 g/mol. The Morgan fingerprint density at radius 3 is 3.06 bits per heavy atom. The lowest BCUT2D eigenvalue weighted by atomic mass is 10.3. The molecule has 0 radical (unpaired) electrons. The number of carbonyl (C=O) groups excluding carboxylic acids is 1. The molecule has 2 rings (SSSR count). The van der Waals surface area contributed by atoms with E-state index in [2.05, 4.69) is 20.6 Å². The number of hydrogen-bond donors (Lipinski definition) is 2. The number of rotatable bonds is 4. The average Bonchev–Trinajstić information content (AvgIpc) is 2.94. The molecule has 2 aromatic heterocycles. The maximum atomic E-state index is 11.9. The highest BCUT2D eigenvalue weighted by Crippen LogP contribution is 2.04. The Balaban J connectivity index is 2.04. The Bertz CT molecular complexity index is 500. The van der Waals surface area contributed by atoms with Gasteiger partial charge in [-0.3, -0.25) is 14.6 Å². The van der Waals surface area contributed by atoms with Crippen molar-refractivity contribution in [2.75, 3.05) is 0 Å². The first-order chi connectivity index (χ1) is 8.20. The summed E-state index contributed by atoms with van der Waals surface area (Å²) >= 11 is 0. The summed E-state index contributed by atoms with van der Waals surface area (Å²) in [5.74, 6) is -0.123. The van der Waals surface area contributed by atoms with Gasteiger partial charge >= 0.3 is 0 Å². The van der Waals surface area contributed by atoms with Crippen LogP contribution in [0.4, 0.5) is 0 Å². The molecule has 0 unspecified atom stereocenters. The number of aromatic nitrogens is 4. The topological polar surface area (TPSA) is 75.6 Å². The van der Waals surface area contributed by atoms with E-state index in [-0.39, 0.29) is 5.91 Å². The largest absolute Gasteiger partial charge is 0.345 e. The summed E-state index contributed by atoms with van der Waals surface area (Å²) in [6, 6.07) is 3.61. The van der Waals surface area contributed by atoms with Crippen molar-refractivity contribution in [2.24, 2.45) is 0 Å². The highest BCUT2D eigenvalue weighted by atomic mass is 16.2. The summed E-state index contributed by atoms with van der Waals surface area (Å²) in [6.45, 7) is 4.95. The highest BCUT2D eigenvalue weighted by molar-refractivity contribution is 5.92. The van der Waals surface area contributed by atoms with Crippen LogP contribution in [0.1, 0.15) is 28.8 Å². The van der Waals surface area contributed by atoms with Crippen molar-refractivity contribution in [3.63, 3.8) is 0 Å². The minimum atomic E-state index is -0.123. The van der Waals surface area contributed by atoms with Crippen molar-refractivity contribution in [1.82, 2.24) is 25.3 Å². The van der Waals surface area contributed by atoms with Crippen LogP contribution in [0.25, 0.3) is 0 Å². The molecule has 0 atom stereocenters. The molecule has 0 saturated heterocycles. The molecule has 0 aliphatic carbocycles. The van der Waals surface area contributed by atoms with Gasteiger partial charge in [0.25, 0.3) is 5.91 Å². The van der Waals surface area contributed by atoms with Gasteiger partial charge in [-0.2, -0.15) is 10.2 Å². The van der Waals surface area contributed by atoms with Crippen LogP contribution in [0.5, 0.6) is 0 Å². The molecule has 0 aliphatic rings. The number of aryl methyl sites for hydroxylation is 2. The third kappa shape index (κ3) is 2.52. The first-order valence-corrected chi connectivity index (χ1v) is 5.51.